The van der Waals surface area contributed by atoms with Crippen LogP contribution in [0.4, 0.5) is 0 Å². The highest BCUT2D eigenvalue weighted by Gasteiger charge is 2.20. The van der Waals surface area contributed by atoms with Crippen molar-refractivity contribution in [1.29, 1.82) is 0 Å². The first-order valence-electron chi connectivity index (χ1n) is 6.44. The van der Waals surface area contributed by atoms with Crippen molar-refractivity contribution in [3.63, 3.8) is 0 Å². The van der Waals surface area contributed by atoms with Crippen molar-refractivity contribution in [3.05, 3.63) is 24.0 Å². The average Bonchev–Trinajstić information content (AvgIpc) is 2.90. The molecule has 4 nitrogen and oxygen atoms in total. The summed E-state index contributed by atoms with van der Waals surface area (Å²) >= 11 is 0. The topological polar surface area (TPSA) is 48.1 Å². The predicted octanol–water partition coefficient (Wildman–Crippen LogP) is 1.48. The van der Waals surface area contributed by atoms with E-state index in [4.69, 9.17) is 0 Å². The second-order valence-corrected chi connectivity index (χ2v) is 4.62. The van der Waals surface area contributed by atoms with Gasteiger partial charge < -0.3 is 15.2 Å². The van der Waals surface area contributed by atoms with E-state index in [-0.39, 0.29) is 5.91 Å². The van der Waals surface area contributed by atoms with Gasteiger partial charge in [0.2, 0.25) is 0 Å². The van der Waals surface area contributed by atoms with Crippen molar-refractivity contribution in [3.8, 4) is 0 Å². The summed E-state index contributed by atoms with van der Waals surface area (Å²) in [5.41, 5.74) is 0.695. The highest BCUT2D eigenvalue weighted by atomic mass is 16.2. The quantitative estimate of drug-likeness (QED) is 0.830. The molecule has 1 amide bonds. The van der Waals surface area contributed by atoms with Crippen molar-refractivity contribution in [2.24, 2.45) is 5.92 Å². The summed E-state index contributed by atoms with van der Waals surface area (Å²) in [6, 6.07) is 3.71. The summed E-state index contributed by atoms with van der Waals surface area (Å²) in [6.07, 6.45) is 4.15. The number of carbonyl (C=O) groups is 1. The van der Waals surface area contributed by atoms with Gasteiger partial charge in [0.15, 0.2) is 0 Å². The van der Waals surface area contributed by atoms with E-state index in [2.05, 4.69) is 10.3 Å². The molecular formula is C13H21N3O. The minimum atomic E-state index is 0.121. The van der Waals surface area contributed by atoms with E-state index in [0.29, 0.717) is 11.6 Å². The molecule has 1 fully saturated rings. The van der Waals surface area contributed by atoms with Crippen LogP contribution in [0.2, 0.25) is 0 Å². The van der Waals surface area contributed by atoms with Crippen molar-refractivity contribution in [2.75, 3.05) is 26.2 Å². The van der Waals surface area contributed by atoms with Crippen LogP contribution in [-0.2, 0) is 0 Å². The summed E-state index contributed by atoms with van der Waals surface area (Å²) in [6.45, 7) is 5.87. The van der Waals surface area contributed by atoms with Crippen LogP contribution >= 0.6 is 0 Å². The number of aromatic amines is 1. The lowest BCUT2D eigenvalue weighted by Crippen LogP contribution is -2.39. The molecule has 17 heavy (non-hydrogen) atoms. The van der Waals surface area contributed by atoms with E-state index in [1.807, 2.05) is 24.0 Å². The van der Waals surface area contributed by atoms with E-state index in [1.165, 1.54) is 12.8 Å². The molecule has 0 aromatic carbocycles. The number of rotatable bonds is 4. The van der Waals surface area contributed by atoms with Gasteiger partial charge >= 0.3 is 0 Å². The molecule has 1 aliphatic heterocycles. The highest BCUT2D eigenvalue weighted by Crippen LogP contribution is 2.14. The van der Waals surface area contributed by atoms with Gasteiger partial charge in [0.1, 0.15) is 5.69 Å². The lowest BCUT2D eigenvalue weighted by atomic mass is 9.97. The molecule has 1 aromatic heterocycles. The lowest BCUT2D eigenvalue weighted by Gasteiger charge is -2.29. The molecule has 1 aliphatic rings. The van der Waals surface area contributed by atoms with Crippen LogP contribution in [0.1, 0.15) is 30.3 Å². The summed E-state index contributed by atoms with van der Waals surface area (Å²) in [4.78, 5) is 17.1. The molecule has 0 atom stereocenters. The van der Waals surface area contributed by atoms with Gasteiger partial charge in [-0.3, -0.25) is 4.79 Å². The summed E-state index contributed by atoms with van der Waals surface area (Å²) < 4.78 is 0. The van der Waals surface area contributed by atoms with E-state index in [9.17, 15) is 4.79 Å². The molecule has 2 heterocycles. The number of nitrogens with zero attached hydrogens (tertiary/aromatic N) is 1. The van der Waals surface area contributed by atoms with Gasteiger partial charge in [-0.2, -0.15) is 0 Å². The molecule has 0 saturated carbocycles. The lowest BCUT2D eigenvalue weighted by molar-refractivity contribution is 0.0721. The van der Waals surface area contributed by atoms with Crippen molar-refractivity contribution in [1.82, 2.24) is 15.2 Å². The first kappa shape index (κ1) is 12.2. The smallest absolute Gasteiger partial charge is 0.270 e. The van der Waals surface area contributed by atoms with Crippen LogP contribution in [0.5, 0.6) is 0 Å². The van der Waals surface area contributed by atoms with Gasteiger partial charge in [0.25, 0.3) is 5.91 Å². The molecular weight excluding hydrogens is 214 g/mol. The molecule has 0 spiro atoms. The molecule has 94 valence electrons. The Kier molecular flexibility index (Phi) is 4.20. The fourth-order valence-corrected chi connectivity index (χ4v) is 2.37. The maximum atomic E-state index is 12.2. The van der Waals surface area contributed by atoms with Gasteiger partial charge in [-0.05, 0) is 50.9 Å². The van der Waals surface area contributed by atoms with Crippen LogP contribution in [0.3, 0.4) is 0 Å². The van der Waals surface area contributed by atoms with Crippen LogP contribution in [0.25, 0.3) is 0 Å². The fourth-order valence-electron chi connectivity index (χ4n) is 2.37. The van der Waals surface area contributed by atoms with E-state index < -0.39 is 0 Å². The number of aromatic nitrogens is 1. The predicted molar refractivity (Wildman–Crippen MR) is 68.0 cm³/mol. The van der Waals surface area contributed by atoms with Gasteiger partial charge in [0, 0.05) is 19.3 Å². The maximum absolute atomic E-state index is 12.2. The number of carbonyl (C=O) groups excluding carboxylic acids is 1. The fraction of sp³-hybridized carbons (Fsp3) is 0.615. The van der Waals surface area contributed by atoms with Gasteiger partial charge in [-0.1, -0.05) is 0 Å². The Hall–Kier alpha value is -1.29. The summed E-state index contributed by atoms with van der Waals surface area (Å²) in [7, 11) is 0. The van der Waals surface area contributed by atoms with Crippen LogP contribution in [0.15, 0.2) is 18.3 Å². The number of hydrogen-bond donors (Lipinski definition) is 2. The zero-order chi connectivity index (χ0) is 12.1. The average molecular weight is 235 g/mol. The van der Waals surface area contributed by atoms with Crippen molar-refractivity contribution < 1.29 is 4.79 Å². The molecule has 0 bridgehead atoms. The summed E-state index contributed by atoms with van der Waals surface area (Å²) in [5, 5.41) is 3.35. The third-order valence-corrected chi connectivity index (χ3v) is 3.43. The van der Waals surface area contributed by atoms with E-state index >= 15 is 0 Å². The first-order valence-corrected chi connectivity index (χ1v) is 6.44. The Balaban J connectivity index is 1.93. The number of hydrogen-bond acceptors (Lipinski definition) is 2. The second-order valence-electron chi connectivity index (χ2n) is 4.62. The third kappa shape index (κ3) is 3.09. The number of piperidine rings is 1. The standard InChI is InChI=1S/C13H21N3O/c1-2-16(10-11-5-8-14-9-6-11)13(17)12-4-3-7-15-12/h3-4,7,11,14-15H,2,5-6,8-10H2,1H3. The number of H-pyrrole nitrogens is 1. The second kappa shape index (κ2) is 5.87. The molecule has 2 rings (SSSR count). The van der Waals surface area contributed by atoms with Crippen LogP contribution in [-0.4, -0.2) is 42.0 Å². The monoisotopic (exact) mass is 235 g/mol. The van der Waals surface area contributed by atoms with Crippen LogP contribution < -0.4 is 5.32 Å². The molecule has 1 saturated heterocycles. The largest absolute Gasteiger partial charge is 0.357 e. The van der Waals surface area contributed by atoms with Crippen molar-refractivity contribution >= 4 is 5.91 Å². The van der Waals surface area contributed by atoms with E-state index in [1.54, 1.807) is 6.20 Å². The minimum absolute atomic E-state index is 0.121. The Morgan fingerprint density at radius 3 is 2.82 bits per heavy atom. The van der Waals surface area contributed by atoms with Gasteiger partial charge in [0.05, 0.1) is 0 Å². The summed E-state index contributed by atoms with van der Waals surface area (Å²) in [5.74, 6) is 0.770. The maximum Gasteiger partial charge on any atom is 0.270 e. The van der Waals surface area contributed by atoms with Crippen molar-refractivity contribution in [2.45, 2.75) is 19.8 Å². The van der Waals surface area contributed by atoms with Gasteiger partial charge in [-0.15, -0.1) is 0 Å². The van der Waals surface area contributed by atoms with Gasteiger partial charge in [-0.25, -0.2) is 0 Å². The molecule has 0 unspecified atom stereocenters. The molecule has 0 aliphatic carbocycles. The zero-order valence-electron chi connectivity index (χ0n) is 10.4. The SMILES string of the molecule is CCN(CC1CCNCC1)C(=O)c1ccc[nH]1. The number of amides is 1. The Bertz CT molecular complexity index is 342. The molecule has 2 N–H and O–H groups in total. The molecule has 4 heteroatoms. The Morgan fingerprint density at radius 2 is 2.24 bits per heavy atom. The molecule has 1 aromatic rings. The normalized spacial score (nSPS) is 17.0. The third-order valence-electron chi connectivity index (χ3n) is 3.43. The Morgan fingerprint density at radius 1 is 1.47 bits per heavy atom. The minimum Gasteiger partial charge on any atom is -0.357 e. The first-order chi connectivity index (χ1) is 8.31. The number of nitrogens with one attached hydrogen (secondary N) is 2. The zero-order valence-corrected chi connectivity index (χ0v) is 10.4. The molecule has 0 radical (unpaired) electrons. The van der Waals surface area contributed by atoms with Crippen LogP contribution in [0, 0.1) is 5.92 Å². The highest BCUT2D eigenvalue weighted by molar-refractivity contribution is 5.92. The van der Waals surface area contributed by atoms with E-state index in [0.717, 1.165) is 26.2 Å². The Labute approximate surface area is 102 Å².